The zero-order valence-electron chi connectivity index (χ0n) is 6.61. The van der Waals surface area contributed by atoms with Crippen molar-refractivity contribution in [3.8, 4) is 0 Å². The number of hydrogen-bond acceptors (Lipinski definition) is 4. The van der Waals surface area contributed by atoms with Crippen LogP contribution < -0.4 is 5.90 Å². The number of aromatic nitrogens is 2. The van der Waals surface area contributed by atoms with E-state index in [2.05, 4.69) is 9.97 Å². The summed E-state index contributed by atoms with van der Waals surface area (Å²) in [5, 5.41) is 0. The van der Waals surface area contributed by atoms with Crippen molar-refractivity contribution in [3.05, 3.63) is 24.3 Å². The van der Waals surface area contributed by atoms with Gasteiger partial charge in [-0.2, -0.15) is 0 Å². The molecule has 0 spiro atoms. The maximum atomic E-state index is 5.08. The summed E-state index contributed by atoms with van der Waals surface area (Å²) in [7, 11) is 0. The van der Waals surface area contributed by atoms with Crippen LogP contribution in [0.3, 0.4) is 0 Å². The van der Waals surface area contributed by atoms with Gasteiger partial charge in [0.05, 0.1) is 0 Å². The van der Waals surface area contributed by atoms with Crippen LogP contribution in [0.15, 0.2) is 18.7 Å². The molecule has 1 heterocycles. The molecule has 0 bridgehead atoms. The third kappa shape index (κ3) is 1.72. The first-order chi connectivity index (χ1) is 5.17. The summed E-state index contributed by atoms with van der Waals surface area (Å²) in [6.45, 7) is 3.71. The predicted octanol–water partition coefficient (Wildman–Crippen LogP) is 0.602. The van der Waals surface area contributed by atoms with Gasteiger partial charge >= 0.3 is 0 Å². The highest BCUT2D eigenvalue weighted by atomic mass is 16.6. The second-order valence-corrected chi connectivity index (χ2v) is 2.76. The molecule has 2 N–H and O–H groups in total. The fourth-order valence-corrected chi connectivity index (χ4v) is 0.678. The van der Waals surface area contributed by atoms with Crippen molar-refractivity contribution in [2.75, 3.05) is 0 Å². The average molecular weight is 153 g/mol. The van der Waals surface area contributed by atoms with E-state index in [4.69, 9.17) is 10.7 Å². The highest BCUT2D eigenvalue weighted by Crippen LogP contribution is 2.19. The molecule has 0 atom stereocenters. The van der Waals surface area contributed by atoms with Crippen LogP contribution in [-0.2, 0) is 10.4 Å². The Balaban J connectivity index is 2.93. The van der Waals surface area contributed by atoms with Crippen LogP contribution in [0.2, 0.25) is 0 Å². The lowest BCUT2D eigenvalue weighted by atomic mass is 10.0. The lowest BCUT2D eigenvalue weighted by molar-refractivity contribution is -0.0241. The molecule has 1 aromatic heterocycles. The summed E-state index contributed by atoms with van der Waals surface area (Å²) >= 11 is 0. The summed E-state index contributed by atoms with van der Waals surface area (Å²) in [5.74, 6) is 5.08. The molecule has 0 aliphatic carbocycles. The van der Waals surface area contributed by atoms with E-state index >= 15 is 0 Å². The standard InChI is InChI=1S/C7H11N3O/c1-7(2,11-8)6-3-9-5-10-4-6/h3-5H,8H2,1-2H3. The van der Waals surface area contributed by atoms with Gasteiger partial charge in [-0.15, -0.1) is 0 Å². The average Bonchev–Trinajstić information content (AvgIpc) is 2.06. The third-order valence-electron chi connectivity index (χ3n) is 1.55. The number of hydrogen-bond donors (Lipinski definition) is 1. The van der Waals surface area contributed by atoms with Crippen molar-refractivity contribution >= 4 is 0 Å². The summed E-state index contributed by atoms with van der Waals surface area (Å²) in [5.41, 5.74) is 0.351. The Morgan fingerprint density at radius 3 is 2.36 bits per heavy atom. The van der Waals surface area contributed by atoms with Gasteiger partial charge in [-0.25, -0.2) is 15.9 Å². The molecule has 60 valence electrons. The van der Waals surface area contributed by atoms with Gasteiger partial charge in [-0.3, -0.25) is 4.84 Å². The molecular weight excluding hydrogens is 142 g/mol. The van der Waals surface area contributed by atoms with Crippen LogP contribution >= 0.6 is 0 Å². The smallest absolute Gasteiger partial charge is 0.115 e. The van der Waals surface area contributed by atoms with E-state index in [-0.39, 0.29) is 0 Å². The van der Waals surface area contributed by atoms with Crippen LogP contribution in [0, 0.1) is 0 Å². The van der Waals surface area contributed by atoms with E-state index in [0.29, 0.717) is 0 Å². The Morgan fingerprint density at radius 1 is 1.36 bits per heavy atom. The topological polar surface area (TPSA) is 61.0 Å². The first kappa shape index (κ1) is 8.10. The van der Waals surface area contributed by atoms with Crippen LogP contribution in [0.25, 0.3) is 0 Å². The molecule has 1 aromatic rings. The molecule has 11 heavy (non-hydrogen) atoms. The molecule has 0 aliphatic rings. The molecule has 0 aromatic carbocycles. The van der Waals surface area contributed by atoms with Crippen molar-refractivity contribution in [3.63, 3.8) is 0 Å². The Kier molecular flexibility index (Phi) is 2.16. The Hall–Kier alpha value is -1.00. The lowest BCUT2D eigenvalue weighted by Crippen LogP contribution is -2.25. The third-order valence-corrected chi connectivity index (χ3v) is 1.55. The zero-order chi connectivity index (χ0) is 8.32. The second-order valence-electron chi connectivity index (χ2n) is 2.76. The van der Waals surface area contributed by atoms with E-state index in [0.717, 1.165) is 5.56 Å². The number of nitrogens with two attached hydrogens (primary N) is 1. The van der Waals surface area contributed by atoms with Crippen molar-refractivity contribution in [1.29, 1.82) is 0 Å². The fraction of sp³-hybridized carbons (Fsp3) is 0.429. The maximum absolute atomic E-state index is 5.08. The summed E-state index contributed by atoms with van der Waals surface area (Å²) < 4.78 is 0. The van der Waals surface area contributed by atoms with Crippen molar-refractivity contribution in [1.82, 2.24) is 9.97 Å². The van der Waals surface area contributed by atoms with Crippen molar-refractivity contribution in [2.24, 2.45) is 5.90 Å². The van der Waals surface area contributed by atoms with Crippen LogP contribution in [0.4, 0.5) is 0 Å². The van der Waals surface area contributed by atoms with Gasteiger partial charge in [-0.05, 0) is 13.8 Å². The second kappa shape index (κ2) is 2.94. The van der Waals surface area contributed by atoms with Gasteiger partial charge < -0.3 is 0 Å². The molecule has 0 fully saturated rings. The van der Waals surface area contributed by atoms with Gasteiger partial charge in [-0.1, -0.05) is 0 Å². The molecular formula is C7H11N3O. The van der Waals surface area contributed by atoms with E-state index in [1.54, 1.807) is 12.4 Å². The Morgan fingerprint density at radius 2 is 1.91 bits per heavy atom. The van der Waals surface area contributed by atoms with Gasteiger partial charge in [0.15, 0.2) is 0 Å². The van der Waals surface area contributed by atoms with Gasteiger partial charge in [0.2, 0.25) is 0 Å². The first-order valence-electron chi connectivity index (χ1n) is 3.30. The number of rotatable bonds is 2. The van der Waals surface area contributed by atoms with E-state index in [9.17, 15) is 0 Å². The molecule has 0 saturated heterocycles. The minimum atomic E-state index is -0.513. The fourth-order valence-electron chi connectivity index (χ4n) is 0.678. The Labute approximate surface area is 65.4 Å². The molecule has 0 unspecified atom stereocenters. The molecule has 0 radical (unpaired) electrons. The molecule has 4 heteroatoms. The van der Waals surface area contributed by atoms with Crippen molar-refractivity contribution in [2.45, 2.75) is 19.4 Å². The van der Waals surface area contributed by atoms with Crippen LogP contribution in [-0.4, -0.2) is 9.97 Å². The van der Waals surface area contributed by atoms with E-state index in [1.165, 1.54) is 6.33 Å². The molecule has 0 amide bonds. The Bertz CT molecular complexity index is 222. The summed E-state index contributed by atoms with van der Waals surface area (Å²) in [4.78, 5) is 12.4. The van der Waals surface area contributed by atoms with Gasteiger partial charge in [0.25, 0.3) is 0 Å². The zero-order valence-corrected chi connectivity index (χ0v) is 6.61. The number of nitrogens with zero attached hydrogens (tertiary/aromatic N) is 2. The van der Waals surface area contributed by atoms with Gasteiger partial charge in [0, 0.05) is 18.0 Å². The maximum Gasteiger partial charge on any atom is 0.115 e. The normalized spacial score (nSPS) is 11.5. The SMILES string of the molecule is CC(C)(ON)c1cncnc1. The monoisotopic (exact) mass is 153 g/mol. The largest absolute Gasteiger partial charge is 0.294 e. The highest BCUT2D eigenvalue weighted by molar-refractivity contribution is 5.11. The van der Waals surface area contributed by atoms with Crippen LogP contribution in [0.5, 0.6) is 0 Å². The van der Waals surface area contributed by atoms with Crippen LogP contribution in [0.1, 0.15) is 19.4 Å². The highest BCUT2D eigenvalue weighted by Gasteiger charge is 2.20. The predicted molar refractivity (Wildman–Crippen MR) is 40.3 cm³/mol. The first-order valence-corrected chi connectivity index (χ1v) is 3.30. The molecule has 0 aliphatic heterocycles. The quantitative estimate of drug-likeness (QED) is 0.632. The lowest BCUT2D eigenvalue weighted by Gasteiger charge is -2.20. The van der Waals surface area contributed by atoms with Crippen molar-refractivity contribution < 1.29 is 4.84 Å². The van der Waals surface area contributed by atoms with Gasteiger partial charge in [0.1, 0.15) is 11.9 Å². The molecule has 4 nitrogen and oxygen atoms in total. The minimum Gasteiger partial charge on any atom is -0.294 e. The minimum absolute atomic E-state index is 0.513. The molecule has 1 rings (SSSR count). The van der Waals surface area contributed by atoms with E-state index < -0.39 is 5.60 Å². The molecule has 0 saturated carbocycles. The van der Waals surface area contributed by atoms with E-state index in [1.807, 2.05) is 13.8 Å². The summed E-state index contributed by atoms with van der Waals surface area (Å²) in [6.07, 6.45) is 4.83. The summed E-state index contributed by atoms with van der Waals surface area (Å²) in [6, 6.07) is 0.